The van der Waals surface area contributed by atoms with Crippen molar-refractivity contribution < 1.29 is 41.3 Å². The second-order valence-electron chi connectivity index (χ2n) is 18.2. The molecule has 0 amide bonds. The average molecular weight is 979 g/mol. The van der Waals surface area contributed by atoms with E-state index in [0.29, 0.717) is 16.9 Å². The highest BCUT2D eigenvalue weighted by atomic mass is 19.4. The number of benzene rings is 4. The Hall–Kier alpha value is -7.10. The van der Waals surface area contributed by atoms with Crippen LogP contribution in [0.25, 0.3) is 32.2 Å². The Morgan fingerprint density at radius 3 is 1.32 bits per heavy atom. The zero-order valence-corrected chi connectivity index (χ0v) is 40.1. The van der Waals surface area contributed by atoms with Gasteiger partial charge in [0.05, 0.1) is 49.6 Å². The molecule has 0 spiro atoms. The van der Waals surface area contributed by atoms with E-state index >= 15 is 0 Å². The Kier molecular flexibility index (Phi) is 17.4. The van der Waals surface area contributed by atoms with Crippen molar-refractivity contribution in [3.05, 3.63) is 185 Å². The van der Waals surface area contributed by atoms with E-state index in [9.17, 15) is 41.0 Å². The second kappa shape index (κ2) is 23.2. The van der Waals surface area contributed by atoms with Gasteiger partial charge in [-0.3, -0.25) is 9.59 Å². The number of hydrogen-bond acceptors (Lipinski definition) is 5. The molecule has 2 fully saturated rings. The number of phenolic OH excluding ortho intramolecular Hbond substituents is 1. The number of pyridine rings is 2. The van der Waals surface area contributed by atoms with Crippen LogP contribution in [0.15, 0.2) is 107 Å². The molecule has 0 aliphatic heterocycles. The molecule has 2 N–H and O–H groups in total. The van der Waals surface area contributed by atoms with Gasteiger partial charge in [0.25, 0.3) is 22.5 Å². The molecule has 4 aromatic carbocycles. The van der Waals surface area contributed by atoms with Crippen LogP contribution < -0.4 is 15.9 Å². The molecular formula is C56H56F6N4O5. The van der Waals surface area contributed by atoms with Gasteiger partial charge in [-0.25, -0.2) is 9.69 Å². The number of hydrogen-bond donors (Lipinski definition) is 2. The normalized spacial score (nSPS) is 14.3. The molecule has 2 aromatic heterocycles. The van der Waals surface area contributed by atoms with Crippen LogP contribution in [0.5, 0.6) is 11.5 Å². The number of alkyl halides is 6. The van der Waals surface area contributed by atoms with Crippen LogP contribution in [-0.2, 0) is 25.4 Å². The van der Waals surface area contributed by atoms with Crippen molar-refractivity contribution in [1.82, 2.24) is 9.13 Å². The highest BCUT2D eigenvalue weighted by molar-refractivity contribution is 5.68. The van der Waals surface area contributed by atoms with Crippen LogP contribution in [0, 0.1) is 40.8 Å². The number of rotatable bonds is 8. The van der Waals surface area contributed by atoms with Crippen molar-refractivity contribution in [2.24, 2.45) is 0 Å². The van der Waals surface area contributed by atoms with E-state index in [1.165, 1.54) is 59.1 Å². The quantitative estimate of drug-likeness (QED) is 0.117. The van der Waals surface area contributed by atoms with Gasteiger partial charge in [-0.2, -0.15) is 26.3 Å². The summed E-state index contributed by atoms with van der Waals surface area (Å²) in [5.74, 6) is 0.601. The number of phenols is 1. The fourth-order valence-electron chi connectivity index (χ4n) is 8.89. The number of halogens is 6. The molecule has 372 valence electrons. The maximum absolute atomic E-state index is 13.8. The van der Waals surface area contributed by atoms with E-state index in [1.807, 2.05) is 64.1 Å². The summed E-state index contributed by atoms with van der Waals surface area (Å²) in [6.07, 6.45) is 1.84. The highest BCUT2D eigenvalue weighted by Crippen LogP contribution is 2.39. The van der Waals surface area contributed by atoms with Crippen molar-refractivity contribution in [3.8, 4) is 34.0 Å². The standard InChI is InChI=1S/C28H27F3N2O2.C22H17F3N2O2.C6H12O/c1-18-9-10-21(19(2)15-18)17-33-25(16-24(28(29,30)31)26(32-3)27(33)34)20-11-13-23(14-12-20)35-22-7-5-4-6-8-22;1-13-4-5-16(14(2)10-13)12-27-19(15-6-8-17(28)9-7-15)11-18(22(23,24)25)20(26-3)21(27)29;7-6-4-2-1-3-5-6/h9-16,22H,4-8,17H2,1-2H3;4-11,28H,12H2,1-2H3;6-7H,1-5H2. The Morgan fingerprint density at radius 1 is 0.577 bits per heavy atom. The van der Waals surface area contributed by atoms with E-state index in [0.717, 1.165) is 84.0 Å². The lowest BCUT2D eigenvalue weighted by atomic mass is 9.98. The van der Waals surface area contributed by atoms with Crippen LogP contribution in [0.4, 0.5) is 37.7 Å². The van der Waals surface area contributed by atoms with Crippen molar-refractivity contribution in [2.75, 3.05) is 0 Å². The second-order valence-corrected chi connectivity index (χ2v) is 18.2. The fraction of sp³-hybridized carbons (Fsp3) is 0.357. The number of aromatic nitrogens is 2. The molecular weight excluding hydrogens is 923 g/mol. The van der Waals surface area contributed by atoms with Crippen molar-refractivity contribution in [3.63, 3.8) is 0 Å². The molecule has 0 atom stereocenters. The first-order chi connectivity index (χ1) is 33.7. The SMILES string of the molecule is OC1CCCCC1.[C-]#[N+]c1c(C(F)(F)F)cc(-c2ccc(O)cc2)n(Cc2ccc(C)cc2C)c1=O.[C-]#[N+]c1c(C(F)(F)F)cc(-c2ccc(OC3CCCCC3)cc2)n(Cc2ccc(C)cc2C)c1=O. The predicted octanol–water partition coefficient (Wildman–Crippen LogP) is 14.2. The zero-order valence-electron chi connectivity index (χ0n) is 40.1. The minimum Gasteiger partial charge on any atom is -0.508 e. The van der Waals surface area contributed by atoms with E-state index in [-0.39, 0.29) is 42.4 Å². The minimum absolute atomic E-state index is 0.0157. The molecule has 2 aliphatic rings. The lowest BCUT2D eigenvalue weighted by molar-refractivity contribution is -0.137. The molecule has 0 saturated heterocycles. The number of aromatic hydroxyl groups is 1. The van der Waals surface area contributed by atoms with Gasteiger partial charge in [-0.15, -0.1) is 0 Å². The van der Waals surface area contributed by atoms with Crippen LogP contribution in [0.2, 0.25) is 0 Å². The first-order valence-electron chi connectivity index (χ1n) is 23.5. The average Bonchev–Trinajstić information content (AvgIpc) is 3.32. The maximum Gasteiger partial charge on any atom is 0.407 e. The third-order valence-corrected chi connectivity index (χ3v) is 12.8. The summed E-state index contributed by atoms with van der Waals surface area (Å²) in [5.41, 5.74) is 0.0301. The Morgan fingerprint density at radius 2 is 0.972 bits per heavy atom. The van der Waals surface area contributed by atoms with Gasteiger partial charge >= 0.3 is 12.4 Å². The summed E-state index contributed by atoms with van der Waals surface area (Å²) in [4.78, 5) is 32.0. The van der Waals surface area contributed by atoms with Gasteiger partial charge in [-0.05, 0) is 160 Å². The number of aliphatic hydroxyl groups is 1. The highest BCUT2D eigenvalue weighted by Gasteiger charge is 2.38. The number of nitrogens with zero attached hydrogens (tertiary/aromatic N) is 4. The number of aryl methyl sites for hydroxylation is 4. The van der Waals surface area contributed by atoms with Crippen LogP contribution in [0.3, 0.4) is 0 Å². The van der Waals surface area contributed by atoms with Gasteiger partial charge in [0, 0.05) is 11.4 Å². The third-order valence-electron chi connectivity index (χ3n) is 12.8. The monoisotopic (exact) mass is 978 g/mol. The third kappa shape index (κ3) is 13.6. The summed E-state index contributed by atoms with van der Waals surface area (Å²) in [7, 11) is 0. The fourth-order valence-corrected chi connectivity index (χ4v) is 8.89. The van der Waals surface area contributed by atoms with Crippen LogP contribution >= 0.6 is 0 Å². The van der Waals surface area contributed by atoms with Gasteiger partial charge in [-0.1, -0.05) is 73.2 Å². The molecule has 8 rings (SSSR count). The Labute approximate surface area is 409 Å². The molecule has 9 nitrogen and oxygen atoms in total. The number of ether oxygens (including phenoxy) is 1. The summed E-state index contributed by atoms with van der Waals surface area (Å²) < 4.78 is 90.4. The topological polar surface area (TPSA) is 102 Å². The first kappa shape index (κ1) is 53.3. The van der Waals surface area contributed by atoms with Crippen molar-refractivity contribution in [2.45, 2.75) is 130 Å². The molecule has 2 aliphatic carbocycles. The maximum atomic E-state index is 13.8. The molecule has 0 bridgehead atoms. The van der Waals surface area contributed by atoms with Crippen LogP contribution in [0.1, 0.15) is 109 Å². The lowest BCUT2D eigenvalue weighted by Gasteiger charge is -2.23. The molecule has 6 aromatic rings. The summed E-state index contributed by atoms with van der Waals surface area (Å²) >= 11 is 0. The lowest BCUT2D eigenvalue weighted by Crippen LogP contribution is -2.25. The minimum atomic E-state index is -4.84. The van der Waals surface area contributed by atoms with Crippen molar-refractivity contribution in [1.29, 1.82) is 0 Å². The van der Waals surface area contributed by atoms with Crippen LogP contribution in [-0.4, -0.2) is 31.6 Å². The van der Waals surface area contributed by atoms with E-state index in [2.05, 4.69) is 9.69 Å². The Balaban J connectivity index is 0.000000207. The predicted molar refractivity (Wildman–Crippen MR) is 263 cm³/mol. The molecule has 2 saturated carbocycles. The first-order valence-corrected chi connectivity index (χ1v) is 23.5. The van der Waals surface area contributed by atoms with Gasteiger partial charge in [0.15, 0.2) is 0 Å². The van der Waals surface area contributed by atoms with E-state index < -0.39 is 46.0 Å². The number of aliphatic hydroxyl groups excluding tert-OH is 1. The van der Waals surface area contributed by atoms with Crippen molar-refractivity contribution >= 4 is 11.4 Å². The summed E-state index contributed by atoms with van der Waals surface area (Å²) in [6, 6.07) is 25.3. The van der Waals surface area contributed by atoms with Gasteiger partial charge < -0.3 is 24.1 Å². The molecule has 71 heavy (non-hydrogen) atoms. The largest absolute Gasteiger partial charge is 0.508 e. The Bertz CT molecular complexity index is 3020. The molecule has 15 heteroatoms. The smallest absolute Gasteiger partial charge is 0.407 e. The van der Waals surface area contributed by atoms with E-state index in [1.54, 1.807) is 24.3 Å². The van der Waals surface area contributed by atoms with Gasteiger partial charge in [0.2, 0.25) is 0 Å². The molecule has 0 radical (unpaired) electrons. The van der Waals surface area contributed by atoms with E-state index in [4.69, 9.17) is 23.0 Å². The summed E-state index contributed by atoms with van der Waals surface area (Å²) in [6.45, 7) is 22.1. The zero-order chi connectivity index (χ0) is 51.6. The van der Waals surface area contributed by atoms with Gasteiger partial charge in [0.1, 0.15) is 11.5 Å². The molecule has 2 heterocycles. The molecule has 0 unspecified atom stereocenters. The summed E-state index contributed by atoms with van der Waals surface area (Å²) in [5, 5.41) is 18.4.